The molecule has 6 heteroatoms. The summed E-state index contributed by atoms with van der Waals surface area (Å²) in [6.45, 7) is 3.76. The Labute approximate surface area is 86.3 Å². The van der Waals surface area contributed by atoms with Crippen molar-refractivity contribution in [1.82, 2.24) is 10.2 Å². The molecular formula is C7H14N4S2. The maximum atomic E-state index is 5.38. The van der Waals surface area contributed by atoms with Crippen molar-refractivity contribution < 1.29 is 0 Å². The van der Waals surface area contributed by atoms with Gasteiger partial charge in [0.2, 0.25) is 5.13 Å². The maximum Gasteiger partial charge on any atom is 0.206 e. The summed E-state index contributed by atoms with van der Waals surface area (Å²) >= 11 is 3.24. The largest absolute Gasteiger partial charge is 0.360 e. The number of nitrogens with two attached hydrogens (primary N) is 1. The average Bonchev–Trinajstić information content (AvgIpc) is 2.59. The van der Waals surface area contributed by atoms with Crippen LogP contribution >= 0.6 is 23.1 Å². The molecule has 13 heavy (non-hydrogen) atoms. The molecule has 4 nitrogen and oxygen atoms in total. The molecule has 1 heterocycles. The average molecular weight is 218 g/mol. The first-order valence-electron chi connectivity index (χ1n) is 4.27. The highest BCUT2D eigenvalue weighted by Gasteiger charge is 2.02. The van der Waals surface area contributed by atoms with E-state index in [4.69, 9.17) is 5.73 Å². The van der Waals surface area contributed by atoms with E-state index in [0.717, 1.165) is 28.2 Å². The molecule has 0 bridgehead atoms. The van der Waals surface area contributed by atoms with Crippen LogP contribution in [0.2, 0.25) is 0 Å². The zero-order valence-electron chi connectivity index (χ0n) is 7.62. The van der Waals surface area contributed by atoms with Crippen LogP contribution in [0.1, 0.15) is 13.3 Å². The number of thioether (sulfide) groups is 1. The lowest BCUT2D eigenvalue weighted by molar-refractivity contribution is 0.951. The third-order valence-electron chi connectivity index (χ3n) is 1.28. The quantitative estimate of drug-likeness (QED) is 0.707. The minimum Gasteiger partial charge on any atom is -0.360 e. The zero-order valence-corrected chi connectivity index (χ0v) is 9.25. The standard InChI is InChI=1S/C7H14N4S2/c1-2-4-9-6-10-11-7(13-6)12-5-3-8/h2-5,8H2,1H3,(H,9,10). The summed E-state index contributed by atoms with van der Waals surface area (Å²) in [5.74, 6) is 0.905. The van der Waals surface area contributed by atoms with Crippen molar-refractivity contribution in [2.75, 3.05) is 24.2 Å². The van der Waals surface area contributed by atoms with Gasteiger partial charge in [-0.25, -0.2) is 0 Å². The molecule has 3 N–H and O–H groups in total. The molecule has 1 aromatic heterocycles. The van der Waals surface area contributed by atoms with Crippen LogP contribution in [0.5, 0.6) is 0 Å². The predicted molar refractivity (Wildman–Crippen MR) is 58.5 cm³/mol. The van der Waals surface area contributed by atoms with Crippen molar-refractivity contribution in [3.63, 3.8) is 0 Å². The van der Waals surface area contributed by atoms with Crippen molar-refractivity contribution in [1.29, 1.82) is 0 Å². The molecule has 0 atom stereocenters. The van der Waals surface area contributed by atoms with Crippen LogP contribution in [-0.4, -0.2) is 29.0 Å². The molecule has 0 aromatic carbocycles. The van der Waals surface area contributed by atoms with Gasteiger partial charge in [-0.15, -0.1) is 10.2 Å². The highest BCUT2D eigenvalue weighted by atomic mass is 32.2. The number of aromatic nitrogens is 2. The molecule has 0 aliphatic heterocycles. The monoisotopic (exact) mass is 218 g/mol. The number of nitrogens with one attached hydrogen (secondary N) is 1. The summed E-state index contributed by atoms with van der Waals surface area (Å²) in [6, 6.07) is 0. The Morgan fingerprint density at radius 1 is 1.54 bits per heavy atom. The van der Waals surface area contributed by atoms with Gasteiger partial charge in [-0.2, -0.15) is 0 Å². The second-order valence-electron chi connectivity index (χ2n) is 2.44. The molecule has 0 aliphatic carbocycles. The lowest BCUT2D eigenvalue weighted by Gasteiger charge is -1.95. The van der Waals surface area contributed by atoms with Crippen molar-refractivity contribution in [3.8, 4) is 0 Å². The van der Waals surface area contributed by atoms with Crippen LogP contribution in [0, 0.1) is 0 Å². The highest BCUT2D eigenvalue weighted by molar-refractivity contribution is 8.01. The Balaban J connectivity index is 2.34. The van der Waals surface area contributed by atoms with E-state index in [9.17, 15) is 0 Å². The minimum atomic E-state index is 0.683. The van der Waals surface area contributed by atoms with Gasteiger partial charge in [0, 0.05) is 18.8 Å². The zero-order chi connectivity index (χ0) is 9.52. The lowest BCUT2D eigenvalue weighted by atomic mass is 10.5. The van der Waals surface area contributed by atoms with Crippen molar-refractivity contribution in [2.45, 2.75) is 17.7 Å². The second-order valence-corrected chi connectivity index (χ2v) is 4.76. The van der Waals surface area contributed by atoms with Crippen molar-refractivity contribution >= 4 is 28.2 Å². The molecule has 0 saturated carbocycles. The van der Waals surface area contributed by atoms with E-state index in [1.807, 2.05) is 0 Å². The first-order valence-corrected chi connectivity index (χ1v) is 6.07. The Kier molecular flexibility index (Phi) is 5.10. The molecule has 74 valence electrons. The summed E-state index contributed by atoms with van der Waals surface area (Å²) in [6.07, 6.45) is 1.10. The molecule has 1 aromatic rings. The molecule has 0 spiro atoms. The number of nitrogens with zero attached hydrogens (tertiary/aromatic N) is 2. The van der Waals surface area contributed by atoms with Gasteiger partial charge in [0.15, 0.2) is 4.34 Å². The molecule has 0 amide bonds. The normalized spacial score (nSPS) is 10.3. The van der Waals surface area contributed by atoms with Gasteiger partial charge >= 0.3 is 0 Å². The molecule has 0 unspecified atom stereocenters. The van der Waals surface area contributed by atoms with E-state index < -0.39 is 0 Å². The molecule has 0 radical (unpaired) electrons. The van der Waals surface area contributed by atoms with Crippen molar-refractivity contribution in [3.05, 3.63) is 0 Å². The fraction of sp³-hybridized carbons (Fsp3) is 0.714. The van der Waals surface area contributed by atoms with Crippen LogP contribution in [0.4, 0.5) is 5.13 Å². The Morgan fingerprint density at radius 2 is 2.38 bits per heavy atom. The molecule has 0 saturated heterocycles. The smallest absolute Gasteiger partial charge is 0.206 e. The minimum absolute atomic E-state index is 0.683. The number of anilines is 1. The fourth-order valence-corrected chi connectivity index (χ4v) is 2.33. The van der Waals surface area contributed by atoms with E-state index in [1.54, 1.807) is 23.1 Å². The third kappa shape index (κ3) is 3.93. The summed E-state index contributed by atoms with van der Waals surface area (Å²) in [7, 11) is 0. The molecule has 1 rings (SSSR count). The first-order chi connectivity index (χ1) is 6.36. The Bertz CT molecular complexity index is 216. The van der Waals surface area contributed by atoms with Crippen molar-refractivity contribution in [2.24, 2.45) is 5.73 Å². The maximum absolute atomic E-state index is 5.38. The van der Waals surface area contributed by atoms with Gasteiger partial charge in [0.05, 0.1) is 0 Å². The molecular weight excluding hydrogens is 204 g/mol. The van der Waals surface area contributed by atoms with Gasteiger partial charge in [0.25, 0.3) is 0 Å². The van der Waals surface area contributed by atoms with Crippen LogP contribution in [-0.2, 0) is 0 Å². The Hall–Kier alpha value is -0.330. The summed E-state index contributed by atoms with van der Waals surface area (Å²) in [5, 5.41) is 12.1. The van der Waals surface area contributed by atoms with E-state index in [1.165, 1.54) is 0 Å². The first kappa shape index (κ1) is 10.7. The van der Waals surface area contributed by atoms with E-state index in [-0.39, 0.29) is 0 Å². The molecule has 0 fully saturated rings. The van der Waals surface area contributed by atoms with Gasteiger partial charge in [0.1, 0.15) is 0 Å². The summed E-state index contributed by atoms with van der Waals surface area (Å²) < 4.78 is 0.990. The fourth-order valence-electron chi connectivity index (χ4n) is 0.718. The second kappa shape index (κ2) is 6.17. The SMILES string of the molecule is CCCNc1nnc(SCCN)s1. The lowest BCUT2D eigenvalue weighted by Crippen LogP contribution is -2.00. The summed E-state index contributed by atoms with van der Waals surface area (Å²) in [4.78, 5) is 0. The number of hydrogen-bond donors (Lipinski definition) is 2. The van der Waals surface area contributed by atoms with Crippen LogP contribution in [0.3, 0.4) is 0 Å². The van der Waals surface area contributed by atoms with Gasteiger partial charge < -0.3 is 11.1 Å². The van der Waals surface area contributed by atoms with Gasteiger partial charge in [-0.3, -0.25) is 0 Å². The number of rotatable bonds is 6. The van der Waals surface area contributed by atoms with Crippen LogP contribution in [0.15, 0.2) is 4.34 Å². The van der Waals surface area contributed by atoms with E-state index >= 15 is 0 Å². The van der Waals surface area contributed by atoms with E-state index in [2.05, 4.69) is 22.4 Å². The van der Waals surface area contributed by atoms with Crippen LogP contribution < -0.4 is 11.1 Å². The van der Waals surface area contributed by atoms with Gasteiger partial charge in [-0.1, -0.05) is 30.0 Å². The predicted octanol–water partition coefficient (Wildman–Crippen LogP) is 1.41. The summed E-state index contributed by atoms with van der Waals surface area (Å²) in [5.41, 5.74) is 5.38. The Morgan fingerprint density at radius 3 is 3.08 bits per heavy atom. The topological polar surface area (TPSA) is 63.8 Å². The number of hydrogen-bond acceptors (Lipinski definition) is 6. The van der Waals surface area contributed by atoms with E-state index in [0.29, 0.717) is 6.54 Å². The van der Waals surface area contributed by atoms with Gasteiger partial charge in [-0.05, 0) is 6.42 Å². The highest BCUT2D eigenvalue weighted by Crippen LogP contribution is 2.24. The third-order valence-corrected chi connectivity index (χ3v) is 3.32. The van der Waals surface area contributed by atoms with Crippen LogP contribution in [0.25, 0.3) is 0 Å². The molecule has 0 aliphatic rings.